The van der Waals surface area contributed by atoms with E-state index in [-0.39, 0.29) is 0 Å². The van der Waals surface area contributed by atoms with Crippen LogP contribution >= 0.6 is 0 Å². The molecule has 0 aromatic rings. The van der Waals surface area contributed by atoms with E-state index in [0.29, 0.717) is 4.86 Å². The van der Waals surface area contributed by atoms with Crippen LogP contribution in [0.15, 0.2) is 5.11 Å². The first kappa shape index (κ1) is 7.97. The van der Waals surface area contributed by atoms with Crippen LogP contribution in [0.3, 0.4) is 0 Å². The first-order valence-electron chi connectivity index (χ1n) is 3.61. The van der Waals surface area contributed by atoms with Crippen LogP contribution in [0.1, 0.15) is 12.8 Å². The van der Waals surface area contributed by atoms with Crippen LogP contribution < -0.4 is 0 Å². The van der Waals surface area contributed by atoms with E-state index in [2.05, 4.69) is 5.11 Å². The molecule has 1 aliphatic rings. The molecule has 1 aliphatic heterocycles. The number of hydrogen-bond acceptors (Lipinski definition) is 2. The second-order valence-corrected chi connectivity index (χ2v) is 2.54. The summed E-state index contributed by atoms with van der Waals surface area (Å²) in [5, 5.41) is 13.5. The number of carbonyl (C=O) groups is 1. The Hall–Kier alpha value is -1.13. The van der Waals surface area contributed by atoms with Crippen molar-refractivity contribution in [1.29, 1.82) is 0 Å². The fourth-order valence-electron chi connectivity index (χ4n) is 1.09. The largest absolute Gasteiger partial charge is 0.600 e. The molecule has 0 saturated carbocycles. The van der Waals surface area contributed by atoms with E-state index in [9.17, 15) is 10.0 Å². The maximum atomic E-state index is 11.0. The highest BCUT2D eigenvalue weighted by molar-refractivity contribution is 5.74. The summed E-state index contributed by atoms with van der Waals surface area (Å²) in [6.07, 6.45) is 2.04. The lowest BCUT2D eigenvalue weighted by Crippen LogP contribution is -2.25. The van der Waals surface area contributed by atoms with Gasteiger partial charge >= 0.3 is 6.03 Å². The minimum absolute atomic E-state index is 0.292. The molecule has 0 bridgehead atoms. The van der Waals surface area contributed by atoms with E-state index in [4.69, 9.17) is 0 Å². The number of urea groups is 1. The van der Waals surface area contributed by atoms with Crippen LogP contribution in [0.4, 0.5) is 4.79 Å². The third-order valence-electron chi connectivity index (χ3n) is 1.60. The fourth-order valence-corrected chi connectivity index (χ4v) is 1.09. The summed E-state index contributed by atoms with van der Waals surface area (Å²) in [6, 6.07) is -0.417. The second kappa shape index (κ2) is 3.32. The Labute approximate surface area is 64.9 Å². The van der Waals surface area contributed by atoms with Gasteiger partial charge in [0, 0.05) is 13.1 Å². The van der Waals surface area contributed by atoms with Gasteiger partial charge in [-0.05, 0) is 12.8 Å². The van der Waals surface area contributed by atoms with E-state index >= 15 is 0 Å². The molecule has 2 amide bonds. The van der Waals surface area contributed by atoms with Crippen molar-refractivity contribution >= 4 is 6.03 Å². The molecule has 1 heterocycles. The third-order valence-corrected chi connectivity index (χ3v) is 1.60. The molecule has 5 nitrogen and oxygen atoms in total. The number of rotatable bonds is 0. The molecule has 62 valence electrons. The van der Waals surface area contributed by atoms with Crippen molar-refractivity contribution in [2.24, 2.45) is 5.11 Å². The average Bonchev–Trinajstić information content (AvgIpc) is 2.35. The van der Waals surface area contributed by atoms with Gasteiger partial charge in [-0.1, -0.05) is 4.86 Å². The monoisotopic (exact) mass is 157 g/mol. The maximum Gasteiger partial charge on any atom is 0.404 e. The quantitative estimate of drug-likeness (QED) is 0.296. The average molecular weight is 157 g/mol. The first-order valence-corrected chi connectivity index (χ1v) is 3.61. The summed E-state index contributed by atoms with van der Waals surface area (Å²) >= 11 is 0. The van der Waals surface area contributed by atoms with Gasteiger partial charge < -0.3 is 10.1 Å². The second-order valence-electron chi connectivity index (χ2n) is 2.54. The zero-order valence-corrected chi connectivity index (χ0v) is 6.49. The predicted molar refractivity (Wildman–Crippen MR) is 38.2 cm³/mol. The van der Waals surface area contributed by atoms with Crippen LogP contribution in [0.25, 0.3) is 0 Å². The van der Waals surface area contributed by atoms with Gasteiger partial charge in [-0.25, -0.2) is 4.79 Å². The lowest BCUT2D eigenvalue weighted by Gasteiger charge is -2.08. The molecule has 1 fully saturated rings. The Kier molecular flexibility index (Phi) is 2.40. The topological polar surface area (TPSA) is 58.7 Å². The van der Waals surface area contributed by atoms with E-state index in [1.165, 1.54) is 7.05 Å². The van der Waals surface area contributed by atoms with Crippen LogP contribution in [-0.2, 0) is 0 Å². The van der Waals surface area contributed by atoms with Gasteiger partial charge in [0.15, 0.2) is 7.05 Å². The maximum absolute atomic E-state index is 11.0. The summed E-state index contributed by atoms with van der Waals surface area (Å²) in [7, 11) is 1.20. The summed E-state index contributed by atoms with van der Waals surface area (Å²) in [5.41, 5.74) is 0. The van der Waals surface area contributed by atoms with Crippen LogP contribution in [0, 0.1) is 5.21 Å². The molecule has 0 spiro atoms. The third kappa shape index (κ3) is 2.18. The predicted octanol–water partition coefficient (Wildman–Crippen LogP) is 0.794. The van der Waals surface area contributed by atoms with Crippen molar-refractivity contribution in [1.82, 2.24) is 4.90 Å². The minimum Gasteiger partial charge on any atom is -0.600 e. The molecule has 0 aromatic heterocycles. The van der Waals surface area contributed by atoms with Gasteiger partial charge in [-0.15, -0.1) is 0 Å². The van der Waals surface area contributed by atoms with Crippen molar-refractivity contribution in [2.75, 3.05) is 20.1 Å². The molecule has 0 aromatic carbocycles. The smallest absolute Gasteiger partial charge is 0.404 e. The number of azo groups is 1. The Morgan fingerprint density at radius 2 is 2.09 bits per heavy atom. The summed E-state index contributed by atoms with van der Waals surface area (Å²) in [5.74, 6) is 0. The molecule has 1 rings (SSSR count). The SMILES string of the molecule is C/[N+]([O-])=N\C(=O)N1CCCC1. The van der Waals surface area contributed by atoms with Crippen molar-refractivity contribution in [3.8, 4) is 0 Å². The van der Waals surface area contributed by atoms with Crippen molar-refractivity contribution < 1.29 is 9.66 Å². The zero-order valence-electron chi connectivity index (χ0n) is 6.49. The number of hydrogen-bond donors (Lipinski definition) is 0. The number of hydroxylamine groups is 1. The van der Waals surface area contributed by atoms with Gasteiger partial charge in [-0.2, -0.15) is 0 Å². The van der Waals surface area contributed by atoms with Crippen LogP contribution in [0.2, 0.25) is 0 Å². The highest BCUT2D eigenvalue weighted by atomic mass is 16.5. The van der Waals surface area contributed by atoms with Gasteiger partial charge in [-0.3, -0.25) is 0 Å². The highest BCUT2D eigenvalue weighted by Crippen LogP contribution is 2.08. The van der Waals surface area contributed by atoms with E-state index in [1.807, 2.05) is 0 Å². The fraction of sp³-hybridized carbons (Fsp3) is 0.833. The van der Waals surface area contributed by atoms with Gasteiger partial charge in [0.2, 0.25) is 0 Å². The Morgan fingerprint density at radius 3 is 2.55 bits per heavy atom. The van der Waals surface area contributed by atoms with Crippen molar-refractivity contribution in [2.45, 2.75) is 12.8 Å². The summed E-state index contributed by atoms with van der Waals surface area (Å²) < 4.78 is 0. The minimum atomic E-state index is -0.417. The van der Waals surface area contributed by atoms with Crippen molar-refractivity contribution in [3.05, 3.63) is 5.21 Å². The molecule has 0 aliphatic carbocycles. The molecule has 0 N–H and O–H groups in total. The van der Waals surface area contributed by atoms with Gasteiger partial charge in [0.05, 0.1) is 5.11 Å². The standard InChI is InChI=1S/C6H11N3O2/c1-8(11)7-6(10)9-4-2-3-5-9/h2-5H2,1H3/b8-7+. The van der Waals surface area contributed by atoms with E-state index in [0.717, 1.165) is 25.9 Å². The van der Waals surface area contributed by atoms with Crippen LogP contribution in [0.5, 0.6) is 0 Å². The Balaban J connectivity index is 2.47. The molecule has 11 heavy (non-hydrogen) atoms. The van der Waals surface area contributed by atoms with Gasteiger partial charge in [0.25, 0.3) is 0 Å². The molecular formula is C6H11N3O2. The molecule has 0 radical (unpaired) electrons. The number of amides is 2. The lowest BCUT2D eigenvalue weighted by molar-refractivity contribution is -0.492. The summed E-state index contributed by atoms with van der Waals surface area (Å²) in [6.45, 7) is 1.46. The zero-order chi connectivity index (χ0) is 8.27. The molecule has 0 unspecified atom stereocenters. The number of likely N-dealkylation sites (tertiary alicyclic amines) is 1. The van der Waals surface area contributed by atoms with Crippen molar-refractivity contribution in [3.63, 3.8) is 0 Å². The number of carbonyl (C=O) groups excluding carboxylic acids is 1. The lowest BCUT2D eigenvalue weighted by atomic mass is 10.4. The highest BCUT2D eigenvalue weighted by Gasteiger charge is 2.19. The van der Waals surface area contributed by atoms with E-state index in [1.54, 1.807) is 4.90 Å². The van der Waals surface area contributed by atoms with Gasteiger partial charge in [0.1, 0.15) is 0 Å². The molecular weight excluding hydrogens is 146 g/mol. The Morgan fingerprint density at radius 1 is 1.55 bits per heavy atom. The summed E-state index contributed by atoms with van der Waals surface area (Å²) in [4.78, 5) is 12.8. The first-order chi connectivity index (χ1) is 5.20. The molecule has 1 saturated heterocycles. The molecule has 5 heteroatoms. The Bertz CT molecular complexity index is 180. The van der Waals surface area contributed by atoms with E-state index < -0.39 is 6.03 Å². The molecule has 0 atom stereocenters. The number of nitrogens with zero attached hydrogens (tertiary/aromatic N) is 3. The van der Waals surface area contributed by atoms with Crippen LogP contribution in [-0.4, -0.2) is 35.9 Å². The normalized spacial score (nSPS) is 19.0.